The van der Waals surface area contributed by atoms with Crippen molar-refractivity contribution in [3.05, 3.63) is 42.1 Å². The lowest BCUT2D eigenvalue weighted by molar-refractivity contribution is 0.468. The maximum Gasteiger partial charge on any atom is 0.229 e. The van der Waals surface area contributed by atoms with Crippen LogP contribution in [0.3, 0.4) is 0 Å². The van der Waals surface area contributed by atoms with Gasteiger partial charge in [-0.15, -0.1) is 10.2 Å². The lowest BCUT2D eigenvalue weighted by atomic mass is 10.0. The molecule has 1 aliphatic carbocycles. The first kappa shape index (κ1) is 20.9. The number of hydrogen-bond acceptors (Lipinski definition) is 7. The Morgan fingerprint density at radius 3 is 2.69 bits per heavy atom. The molecule has 168 valence electrons. The molecule has 0 radical (unpaired) electrons. The van der Waals surface area contributed by atoms with Gasteiger partial charge in [-0.2, -0.15) is 0 Å². The SMILES string of the molecule is CC[C@@H]1c2nncn2-c2c(C)nc(-c3cccc(NS(C)(=O)=O)c3)nc2N1C1CCCC1. The van der Waals surface area contributed by atoms with E-state index in [1.165, 1.54) is 12.8 Å². The van der Waals surface area contributed by atoms with Crippen LogP contribution in [0.2, 0.25) is 0 Å². The quantitative estimate of drug-likeness (QED) is 0.629. The number of hydrogen-bond donors (Lipinski definition) is 1. The van der Waals surface area contributed by atoms with E-state index in [0.29, 0.717) is 17.6 Å². The number of rotatable bonds is 5. The zero-order valence-electron chi connectivity index (χ0n) is 18.5. The van der Waals surface area contributed by atoms with Gasteiger partial charge in [0.2, 0.25) is 10.0 Å². The van der Waals surface area contributed by atoms with Crippen LogP contribution < -0.4 is 9.62 Å². The molecule has 1 atom stereocenters. The highest BCUT2D eigenvalue weighted by atomic mass is 32.2. The van der Waals surface area contributed by atoms with Crippen LogP contribution in [0.1, 0.15) is 56.6 Å². The second-order valence-electron chi connectivity index (χ2n) is 8.59. The molecule has 0 amide bonds. The average Bonchev–Trinajstić information content (AvgIpc) is 3.43. The third-order valence-corrected chi connectivity index (χ3v) is 6.87. The summed E-state index contributed by atoms with van der Waals surface area (Å²) in [5.41, 5.74) is 3.02. The summed E-state index contributed by atoms with van der Waals surface area (Å²) in [4.78, 5) is 12.3. The molecule has 10 heteroatoms. The molecular weight excluding hydrogens is 426 g/mol. The Kier molecular flexibility index (Phi) is 5.11. The summed E-state index contributed by atoms with van der Waals surface area (Å²) in [7, 11) is -3.37. The van der Waals surface area contributed by atoms with Gasteiger partial charge in [-0.3, -0.25) is 9.29 Å². The van der Waals surface area contributed by atoms with Crippen LogP contribution in [0.5, 0.6) is 0 Å². The van der Waals surface area contributed by atoms with Crippen molar-refractivity contribution in [2.24, 2.45) is 0 Å². The van der Waals surface area contributed by atoms with Crippen molar-refractivity contribution in [2.75, 3.05) is 15.9 Å². The highest BCUT2D eigenvalue weighted by Crippen LogP contribution is 2.44. The number of benzene rings is 1. The number of fused-ring (bicyclic) bond motifs is 3. The molecule has 1 aromatic carbocycles. The van der Waals surface area contributed by atoms with Crippen molar-refractivity contribution in [1.29, 1.82) is 0 Å². The van der Waals surface area contributed by atoms with Crippen molar-refractivity contribution in [2.45, 2.75) is 58.0 Å². The van der Waals surface area contributed by atoms with Gasteiger partial charge in [-0.1, -0.05) is 31.9 Å². The summed E-state index contributed by atoms with van der Waals surface area (Å²) in [6.45, 7) is 4.15. The van der Waals surface area contributed by atoms with E-state index < -0.39 is 10.0 Å². The minimum atomic E-state index is -3.37. The fraction of sp³-hybridized carbons (Fsp3) is 0.455. The summed E-state index contributed by atoms with van der Waals surface area (Å²) in [6.07, 6.45) is 8.49. The number of aryl methyl sites for hydroxylation is 1. The Bertz CT molecular complexity index is 1270. The number of sulfonamides is 1. The summed E-state index contributed by atoms with van der Waals surface area (Å²) in [5.74, 6) is 2.42. The van der Waals surface area contributed by atoms with Crippen molar-refractivity contribution < 1.29 is 8.42 Å². The van der Waals surface area contributed by atoms with Crippen LogP contribution in [0.25, 0.3) is 17.1 Å². The van der Waals surface area contributed by atoms with Gasteiger partial charge >= 0.3 is 0 Å². The topological polar surface area (TPSA) is 106 Å². The molecule has 1 saturated carbocycles. The molecule has 3 heterocycles. The normalized spacial score (nSPS) is 18.5. The molecule has 32 heavy (non-hydrogen) atoms. The summed E-state index contributed by atoms with van der Waals surface area (Å²) < 4.78 is 27.9. The Morgan fingerprint density at radius 1 is 1.19 bits per heavy atom. The fourth-order valence-electron chi connectivity index (χ4n) is 4.98. The Balaban J connectivity index is 1.67. The van der Waals surface area contributed by atoms with Crippen LogP contribution in [0, 0.1) is 6.92 Å². The first-order valence-electron chi connectivity index (χ1n) is 11.0. The smallest absolute Gasteiger partial charge is 0.229 e. The van der Waals surface area contributed by atoms with E-state index in [1.54, 1.807) is 18.5 Å². The molecule has 0 bridgehead atoms. The molecular formula is C22H27N7O2S. The van der Waals surface area contributed by atoms with Gasteiger partial charge in [0, 0.05) is 17.3 Å². The second-order valence-corrected chi connectivity index (χ2v) is 10.3. The largest absolute Gasteiger partial charge is 0.341 e. The molecule has 1 N–H and O–H groups in total. The highest BCUT2D eigenvalue weighted by molar-refractivity contribution is 7.92. The summed E-state index contributed by atoms with van der Waals surface area (Å²) in [5, 5.41) is 8.64. The van der Waals surface area contributed by atoms with Gasteiger partial charge in [-0.05, 0) is 38.3 Å². The van der Waals surface area contributed by atoms with Gasteiger partial charge in [-0.25, -0.2) is 18.4 Å². The standard InChI is InChI=1S/C22H27N7O2S/c1-4-18-21-26-23-13-28(21)19-14(2)24-20(25-22(19)29(18)17-10-5-6-11-17)15-8-7-9-16(12-15)27-32(3,30)31/h7-9,12-13,17-18,27H,4-6,10-11H2,1-3H3/t18-/m1/s1. The molecule has 0 unspecified atom stereocenters. The van der Waals surface area contributed by atoms with Gasteiger partial charge < -0.3 is 4.90 Å². The zero-order valence-corrected chi connectivity index (χ0v) is 19.3. The number of nitrogens with zero attached hydrogens (tertiary/aromatic N) is 6. The van der Waals surface area contributed by atoms with Crippen LogP contribution in [0.15, 0.2) is 30.6 Å². The van der Waals surface area contributed by atoms with Crippen molar-refractivity contribution in [3.8, 4) is 17.1 Å². The number of aromatic nitrogens is 5. The van der Waals surface area contributed by atoms with Gasteiger partial charge in [0.25, 0.3) is 0 Å². The van der Waals surface area contributed by atoms with E-state index in [1.807, 2.05) is 23.6 Å². The van der Waals surface area contributed by atoms with E-state index in [0.717, 1.165) is 54.1 Å². The molecule has 2 aromatic heterocycles. The van der Waals surface area contributed by atoms with Gasteiger partial charge in [0.15, 0.2) is 17.5 Å². The predicted octanol–water partition coefficient (Wildman–Crippen LogP) is 3.62. The molecule has 3 aromatic rings. The molecule has 0 saturated heterocycles. The lowest BCUT2D eigenvalue weighted by Crippen LogP contribution is -2.42. The van der Waals surface area contributed by atoms with E-state index >= 15 is 0 Å². The lowest BCUT2D eigenvalue weighted by Gasteiger charge is -2.41. The molecule has 1 aliphatic heterocycles. The van der Waals surface area contributed by atoms with E-state index in [-0.39, 0.29) is 6.04 Å². The monoisotopic (exact) mass is 453 g/mol. The summed E-state index contributed by atoms with van der Waals surface area (Å²) >= 11 is 0. The van der Waals surface area contributed by atoms with Crippen molar-refractivity contribution in [1.82, 2.24) is 24.7 Å². The van der Waals surface area contributed by atoms with Crippen LogP contribution in [-0.2, 0) is 10.0 Å². The molecule has 2 aliphatic rings. The van der Waals surface area contributed by atoms with Gasteiger partial charge in [0.05, 0.1) is 18.0 Å². The molecule has 9 nitrogen and oxygen atoms in total. The number of anilines is 2. The first-order valence-corrected chi connectivity index (χ1v) is 12.9. The molecule has 5 rings (SSSR count). The Hall–Kier alpha value is -3.01. The average molecular weight is 454 g/mol. The van der Waals surface area contributed by atoms with E-state index in [4.69, 9.17) is 9.97 Å². The minimum Gasteiger partial charge on any atom is -0.341 e. The molecule has 0 spiro atoms. The Labute approximate surface area is 188 Å². The maximum absolute atomic E-state index is 11.7. The van der Waals surface area contributed by atoms with E-state index in [2.05, 4.69) is 26.7 Å². The third-order valence-electron chi connectivity index (χ3n) is 6.26. The van der Waals surface area contributed by atoms with E-state index in [9.17, 15) is 8.42 Å². The zero-order chi connectivity index (χ0) is 22.5. The second kappa shape index (κ2) is 7.84. The van der Waals surface area contributed by atoms with Crippen LogP contribution in [0.4, 0.5) is 11.5 Å². The maximum atomic E-state index is 11.7. The predicted molar refractivity (Wildman–Crippen MR) is 123 cm³/mol. The van der Waals surface area contributed by atoms with Crippen LogP contribution >= 0.6 is 0 Å². The van der Waals surface area contributed by atoms with Crippen molar-refractivity contribution >= 4 is 21.5 Å². The number of nitrogens with one attached hydrogen (secondary N) is 1. The van der Waals surface area contributed by atoms with Crippen LogP contribution in [-0.4, -0.2) is 45.4 Å². The summed E-state index contributed by atoms with van der Waals surface area (Å²) in [6, 6.07) is 7.71. The Morgan fingerprint density at radius 2 is 1.97 bits per heavy atom. The first-order chi connectivity index (χ1) is 15.4. The highest BCUT2D eigenvalue weighted by Gasteiger charge is 2.39. The van der Waals surface area contributed by atoms with Gasteiger partial charge in [0.1, 0.15) is 12.0 Å². The fourth-order valence-corrected chi connectivity index (χ4v) is 5.54. The molecule has 1 fully saturated rings. The van der Waals surface area contributed by atoms with Crippen molar-refractivity contribution in [3.63, 3.8) is 0 Å². The third kappa shape index (κ3) is 3.62. The minimum absolute atomic E-state index is 0.105.